The van der Waals surface area contributed by atoms with Crippen LogP contribution in [0.5, 0.6) is 0 Å². The summed E-state index contributed by atoms with van der Waals surface area (Å²) in [5, 5.41) is 12.8. The first kappa shape index (κ1) is 20.6. The van der Waals surface area contributed by atoms with Gasteiger partial charge in [0.15, 0.2) is 9.84 Å². The molecule has 2 amide bonds. The van der Waals surface area contributed by atoms with E-state index in [2.05, 4.69) is 5.32 Å². The highest BCUT2D eigenvalue weighted by Crippen LogP contribution is 2.18. The molecule has 0 aromatic heterocycles. The Kier molecular flexibility index (Phi) is 6.24. The number of piperidine rings is 1. The van der Waals surface area contributed by atoms with Gasteiger partial charge in [-0.3, -0.25) is 9.59 Å². The summed E-state index contributed by atoms with van der Waals surface area (Å²) in [6.45, 7) is 0.984. The van der Waals surface area contributed by atoms with E-state index in [1.807, 2.05) is 0 Å². The van der Waals surface area contributed by atoms with Gasteiger partial charge in [0, 0.05) is 37.4 Å². The summed E-state index contributed by atoms with van der Waals surface area (Å²) in [6.07, 6.45) is 1.48. The molecule has 2 saturated heterocycles. The molecule has 8 nitrogen and oxygen atoms in total. The zero-order valence-electron chi connectivity index (χ0n) is 16.0. The third kappa shape index (κ3) is 5.02. The van der Waals surface area contributed by atoms with E-state index in [1.54, 1.807) is 36.2 Å². The van der Waals surface area contributed by atoms with Crippen molar-refractivity contribution >= 4 is 27.3 Å². The molecule has 2 heterocycles. The number of anilines is 1. The molecule has 9 heteroatoms. The lowest BCUT2D eigenvalue weighted by molar-refractivity contribution is -0.129. The number of aliphatic hydroxyl groups is 1. The fourth-order valence-corrected chi connectivity index (χ4v) is 5.45. The maximum Gasteiger partial charge on any atom is 0.254 e. The predicted octanol–water partition coefficient (Wildman–Crippen LogP) is 0.341. The molecule has 2 N–H and O–H groups in total. The largest absolute Gasteiger partial charge is 0.391 e. The Morgan fingerprint density at radius 3 is 2.79 bits per heavy atom. The van der Waals surface area contributed by atoms with Crippen LogP contribution in [-0.2, 0) is 14.6 Å². The highest BCUT2D eigenvalue weighted by atomic mass is 32.2. The molecular weight excluding hydrogens is 382 g/mol. The maximum atomic E-state index is 12.6. The van der Waals surface area contributed by atoms with Gasteiger partial charge >= 0.3 is 0 Å². The molecule has 2 atom stereocenters. The van der Waals surface area contributed by atoms with Gasteiger partial charge in [-0.15, -0.1) is 0 Å². The number of likely N-dealkylation sites (N-methyl/N-ethyl adjacent to an activating group) is 1. The molecule has 0 spiro atoms. The molecule has 0 aliphatic carbocycles. The Balaban J connectivity index is 1.57. The normalized spacial score (nSPS) is 24.0. The zero-order valence-corrected chi connectivity index (χ0v) is 16.8. The van der Waals surface area contributed by atoms with Gasteiger partial charge in [-0.25, -0.2) is 8.42 Å². The molecular formula is C19H27N3O5S. The molecule has 2 unspecified atom stereocenters. The SMILES string of the molecule is CN(C(=O)CNc1cccc(C(=O)N2CCCC(O)C2)c1)C1CCS(=O)(=O)C1. The van der Waals surface area contributed by atoms with Crippen molar-refractivity contribution in [1.82, 2.24) is 9.80 Å². The Morgan fingerprint density at radius 1 is 1.32 bits per heavy atom. The smallest absolute Gasteiger partial charge is 0.254 e. The van der Waals surface area contributed by atoms with Crippen LogP contribution in [0.15, 0.2) is 24.3 Å². The fourth-order valence-electron chi connectivity index (χ4n) is 3.67. The van der Waals surface area contributed by atoms with Crippen molar-refractivity contribution in [2.75, 3.05) is 43.5 Å². The summed E-state index contributed by atoms with van der Waals surface area (Å²) in [5.74, 6) is -0.195. The monoisotopic (exact) mass is 409 g/mol. The Bertz CT molecular complexity index is 842. The number of sulfone groups is 1. The van der Waals surface area contributed by atoms with Gasteiger partial charge in [0.05, 0.1) is 24.2 Å². The van der Waals surface area contributed by atoms with E-state index in [1.165, 1.54) is 4.90 Å². The van der Waals surface area contributed by atoms with E-state index in [4.69, 9.17) is 0 Å². The van der Waals surface area contributed by atoms with Gasteiger partial charge in [-0.2, -0.15) is 0 Å². The van der Waals surface area contributed by atoms with Crippen molar-refractivity contribution in [2.45, 2.75) is 31.4 Å². The highest BCUT2D eigenvalue weighted by Gasteiger charge is 2.32. The summed E-state index contributed by atoms with van der Waals surface area (Å²) in [4.78, 5) is 28.1. The number of benzene rings is 1. The van der Waals surface area contributed by atoms with Crippen molar-refractivity contribution in [3.05, 3.63) is 29.8 Å². The Labute approximate surface area is 165 Å². The van der Waals surface area contributed by atoms with Crippen LogP contribution < -0.4 is 5.32 Å². The zero-order chi connectivity index (χ0) is 20.3. The van der Waals surface area contributed by atoms with Crippen molar-refractivity contribution in [3.63, 3.8) is 0 Å². The second-order valence-corrected chi connectivity index (χ2v) is 9.77. The lowest BCUT2D eigenvalue weighted by Gasteiger charge is -2.30. The lowest BCUT2D eigenvalue weighted by atomic mass is 10.1. The van der Waals surface area contributed by atoms with E-state index in [9.17, 15) is 23.1 Å². The van der Waals surface area contributed by atoms with Gasteiger partial charge in [-0.05, 0) is 37.5 Å². The van der Waals surface area contributed by atoms with E-state index in [0.29, 0.717) is 37.2 Å². The van der Waals surface area contributed by atoms with E-state index in [-0.39, 0.29) is 35.9 Å². The van der Waals surface area contributed by atoms with Crippen LogP contribution in [0.4, 0.5) is 5.69 Å². The number of carbonyl (C=O) groups is 2. The number of carbonyl (C=O) groups excluding carboxylic acids is 2. The number of aliphatic hydroxyl groups excluding tert-OH is 1. The number of hydrogen-bond donors (Lipinski definition) is 2. The summed E-state index contributed by atoms with van der Waals surface area (Å²) in [7, 11) is -1.42. The van der Waals surface area contributed by atoms with E-state index < -0.39 is 15.9 Å². The predicted molar refractivity (Wildman–Crippen MR) is 106 cm³/mol. The second-order valence-electron chi connectivity index (χ2n) is 7.54. The molecule has 1 aromatic carbocycles. The Morgan fingerprint density at radius 2 is 2.11 bits per heavy atom. The van der Waals surface area contributed by atoms with Crippen LogP contribution in [0.1, 0.15) is 29.6 Å². The number of nitrogens with zero attached hydrogens (tertiary/aromatic N) is 2. The second kappa shape index (κ2) is 8.48. The quantitative estimate of drug-likeness (QED) is 0.726. The average molecular weight is 410 g/mol. The molecule has 0 saturated carbocycles. The van der Waals surface area contributed by atoms with Crippen LogP contribution in [0.3, 0.4) is 0 Å². The highest BCUT2D eigenvalue weighted by molar-refractivity contribution is 7.91. The van der Waals surface area contributed by atoms with Crippen LogP contribution >= 0.6 is 0 Å². The van der Waals surface area contributed by atoms with E-state index >= 15 is 0 Å². The summed E-state index contributed by atoms with van der Waals surface area (Å²) < 4.78 is 23.2. The summed E-state index contributed by atoms with van der Waals surface area (Å²) >= 11 is 0. The maximum absolute atomic E-state index is 12.6. The van der Waals surface area contributed by atoms with Gasteiger partial charge in [-0.1, -0.05) is 6.07 Å². The Hall–Kier alpha value is -2.13. The first-order valence-corrected chi connectivity index (χ1v) is 11.3. The molecule has 2 aliphatic rings. The standard InChI is InChI=1S/C19H27N3O5S/c1-21(16-7-9-28(26,27)13-16)18(24)11-20-15-5-2-4-14(10-15)19(25)22-8-3-6-17(23)12-22/h2,4-5,10,16-17,20,23H,3,6-9,11-13H2,1H3. The average Bonchev–Trinajstić information content (AvgIpc) is 3.05. The number of β-amino-alcohol motifs (C(OH)–C–C–N with tert-alkyl or cyclic N) is 1. The van der Waals surface area contributed by atoms with Gasteiger partial charge in [0.1, 0.15) is 0 Å². The fraction of sp³-hybridized carbons (Fsp3) is 0.579. The topological polar surface area (TPSA) is 107 Å². The third-order valence-electron chi connectivity index (χ3n) is 5.39. The van der Waals surface area contributed by atoms with Crippen LogP contribution in [0.2, 0.25) is 0 Å². The molecule has 1 aromatic rings. The molecule has 3 rings (SSSR count). The van der Waals surface area contributed by atoms with E-state index in [0.717, 1.165) is 6.42 Å². The molecule has 154 valence electrons. The minimum Gasteiger partial charge on any atom is -0.391 e. The molecule has 2 aliphatic heterocycles. The summed E-state index contributed by atoms with van der Waals surface area (Å²) in [6, 6.07) is 6.64. The first-order chi connectivity index (χ1) is 13.2. The molecule has 0 bridgehead atoms. The van der Waals surface area contributed by atoms with Crippen molar-refractivity contribution in [3.8, 4) is 0 Å². The van der Waals surface area contributed by atoms with Crippen LogP contribution in [-0.4, -0.2) is 85.5 Å². The number of nitrogens with one attached hydrogen (secondary N) is 1. The molecule has 0 radical (unpaired) electrons. The number of likely N-dealkylation sites (tertiary alicyclic amines) is 1. The van der Waals surface area contributed by atoms with Crippen molar-refractivity contribution < 1.29 is 23.1 Å². The number of amides is 2. The van der Waals surface area contributed by atoms with Gasteiger partial charge < -0.3 is 20.2 Å². The van der Waals surface area contributed by atoms with Crippen molar-refractivity contribution in [2.24, 2.45) is 0 Å². The lowest BCUT2D eigenvalue weighted by Crippen LogP contribution is -2.42. The molecule has 28 heavy (non-hydrogen) atoms. The number of rotatable bonds is 5. The molecule has 2 fully saturated rings. The van der Waals surface area contributed by atoms with Crippen LogP contribution in [0.25, 0.3) is 0 Å². The van der Waals surface area contributed by atoms with Crippen LogP contribution in [0, 0.1) is 0 Å². The van der Waals surface area contributed by atoms with Gasteiger partial charge in [0.25, 0.3) is 5.91 Å². The minimum absolute atomic E-state index is 0.0148. The summed E-state index contributed by atoms with van der Waals surface area (Å²) in [5.41, 5.74) is 1.14. The first-order valence-electron chi connectivity index (χ1n) is 9.52. The third-order valence-corrected chi connectivity index (χ3v) is 7.14. The van der Waals surface area contributed by atoms with Gasteiger partial charge in [0.2, 0.25) is 5.91 Å². The number of hydrogen-bond acceptors (Lipinski definition) is 6. The van der Waals surface area contributed by atoms with Crippen molar-refractivity contribution in [1.29, 1.82) is 0 Å². The minimum atomic E-state index is -3.05.